The van der Waals surface area contributed by atoms with Crippen molar-refractivity contribution < 1.29 is 0 Å². The van der Waals surface area contributed by atoms with Crippen LogP contribution in [0.2, 0.25) is 0 Å². The van der Waals surface area contributed by atoms with E-state index in [2.05, 4.69) is 72.8 Å². The highest BCUT2D eigenvalue weighted by molar-refractivity contribution is 6.69. The fourth-order valence-electron chi connectivity index (χ4n) is 2.11. The van der Waals surface area contributed by atoms with Crippen molar-refractivity contribution in [2.24, 2.45) is 0 Å². The summed E-state index contributed by atoms with van der Waals surface area (Å²) in [5.74, 6) is 0. The molecule has 0 unspecified atom stereocenters. The fourth-order valence-corrected chi connectivity index (χ4v) is 3.50. The maximum atomic E-state index is 2.25. The summed E-state index contributed by atoms with van der Waals surface area (Å²) in [5, 5.41) is 5.67. The Morgan fingerprint density at radius 3 is 2.18 bits per heavy atom. The summed E-state index contributed by atoms with van der Waals surface area (Å²) in [5.41, 5.74) is 0. The van der Waals surface area contributed by atoms with E-state index in [9.17, 15) is 0 Å². The minimum Gasteiger partial charge on any atom is -0.0632 e. The Balaban J connectivity index is 2.06. The van der Waals surface area contributed by atoms with E-state index in [-0.39, 0.29) is 9.52 Å². The average Bonchev–Trinajstić information content (AvgIpc) is 2.40. The van der Waals surface area contributed by atoms with E-state index in [0.717, 1.165) is 0 Å². The van der Waals surface area contributed by atoms with Gasteiger partial charge < -0.3 is 0 Å². The third-order valence-electron chi connectivity index (χ3n) is 2.95. The van der Waals surface area contributed by atoms with Crippen molar-refractivity contribution in [3.8, 4) is 0 Å². The van der Waals surface area contributed by atoms with Crippen molar-refractivity contribution in [2.45, 2.75) is 0 Å². The average molecular weight is 233 g/mol. The minimum atomic E-state index is 0.187. The molecular weight excluding hydrogens is 220 g/mol. The van der Waals surface area contributed by atoms with E-state index >= 15 is 0 Å². The predicted molar refractivity (Wildman–Crippen MR) is 76.8 cm³/mol. The second-order valence-corrected chi connectivity index (χ2v) is 5.70. The highest BCUT2D eigenvalue weighted by Gasteiger charge is 2.01. The number of hydrogen-bond acceptors (Lipinski definition) is 0. The molecule has 81 valence electrons. The van der Waals surface area contributed by atoms with E-state index in [1.807, 2.05) is 0 Å². The first-order valence-corrected chi connectivity index (χ1v) is 6.96. The molecule has 0 nitrogen and oxygen atoms in total. The van der Waals surface area contributed by atoms with E-state index in [1.54, 1.807) is 0 Å². The largest absolute Gasteiger partial charge is 0.104 e. The molecule has 0 atom stereocenters. The zero-order chi connectivity index (χ0) is 11.5. The van der Waals surface area contributed by atoms with E-state index in [0.29, 0.717) is 0 Å². The molecule has 0 aliphatic rings. The molecule has 0 bridgehead atoms. The van der Waals surface area contributed by atoms with Crippen LogP contribution >= 0.6 is 0 Å². The molecule has 0 heterocycles. The Kier molecular flexibility index (Phi) is 2.76. The van der Waals surface area contributed by atoms with Crippen LogP contribution in [0.1, 0.15) is 0 Å². The Hall–Kier alpha value is -1.86. The first-order chi connectivity index (χ1) is 8.43. The highest BCUT2D eigenvalue weighted by atomic mass is 28.2. The van der Waals surface area contributed by atoms with Crippen LogP contribution in [0.25, 0.3) is 10.8 Å². The highest BCUT2D eigenvalue weighted by Crippen LogP contribution is 2.09. The van der Waals surface area contributed by atoms with E-state index < -0.39 is 0 Å². The van der Waals surface area contributed by atoms with Gasteiger partial charge in [-0.3, -0.25) is 0 Å². The van der Waals surface area contributed by atoms with Gasteiger partial charge in [0, 0.05) is 0 Å². The number of fused-ring (bicyclic) bond motifs is 1. The van der Waals surface area contributed by atoms with Crippen molar-refractivity contribution in [2.75, 3.05) is 0 Å². The zero-order valence-electron chi connectivity index (χ0n) is 9.51. The summed E-state index contributed by atoms with van der Waals surface area (Å²) in [6, 6.07) is 26.0. The first-order valence-electron chi connectivity index (χ1n) is 5.81. The Bertz CT molecular complexity index is 624. The van der Waals surface area contributed by atoms with Crippen molar-refractivity contribution >= 4 is 30.7 Å². The molecule has 0 fully saturated rings. The van der Waals surface area contributed by atoms with Crippen molar-refractivity contribution in [1.82, 2.24) is 0 Å². The topological polar surface area (TPSA) is 0 Å². The van der Waals surface area contributed by atoms with E-state index in [1.165, 1.54) is 21.1 Å². The van der Waals surface area contributed by atoms with Gasteiger partial charge >= 0.3 is 0 Å². The van der Waals surface area contributed by atoms with Gasteiger partial charge in [-0.25, -0.2) is 0 Å². The van der Waals surface area contributed by atoms with Crippen LogP contribution in [-0.4, -0.2) is 9.52 Å². The molecule has 0 saturated heterocycles. The number of benzene rings is 3. The van der Waals surface area contributed by atoms with Gasteiger partial charge in [0.2, 0.25) is 0 Å². The molecule has 3 aromatic rings. The maximum Gasteiger partial charge on any atom is 0.104 e. The summed E-state index contributed by atoms with van der Waals surface area (Å²) >= 11 is 0. The molecule has 0 amide bonds. The smallest absolute Gasteiger partial charge is 0.0632 e. The van der Waals surface area contributed by atoms with E-state index in [4.69, 9.17) is 0 Å². The predicted octanol–water partition coefficient (Wildman–Crippen LogP) is 2.23. The van der Waals surface area contributed by atoms with Gasteiger partial charge in [-0.1, -0.05) is 83.2 Å². The number of rotatable bonds is 2. The molecule has 0 aliphatic carbocycles. The SMILES string of the molecule is c1ccc([SiH]c2cccc3ccccc23)cc1. The lowest BCUT2D eigenvalue weighted by molar-refractivity contribution is 1.76. The van der Waals surface area contributed by atoms with Gasteiger partial charge in [0.25, 0.3) is 0 Å². The number of hydrogen-bond donors (Lipinski definition) is 0. The Morgan fingerprint density at radius 2 is 1.29 bits per heavy atom. The minimum absolute atomic E-state index is 0.187. The first kappa shape index (κ1) is 10.3. The molecule has 3 aromatic carbocycles. The molecule has 1 radical (unpaired) electrons. The zero-order valence-corrected chi connectivity index (χ0v) is 10.7. The van der Waals surface area contributed by atoms with Gasteiger partial charge in [-0.2, -0.15) is 0 Å². The van der Waals surface area contributed by atoms with Gasteiger partial charge in [0.15, 0.2) is 0 Å². The normalized spacial score (nSPS) is 10.6. The summed E-state index contributed by atoms with van der Waals surface area (Å²) < 4.78 is 0. The Labute approximate surface area is 104 Å². The molecule has 17 heavy (non-hydrogen) atoms. The van der Waals surface area contributed by atoms with Gasteiger partial charge in [0.05, 0.1) is 0 Å². The second kappa shape index (κ2) is 4.56. The third kappa shape index (κ3) is 2.15. The van der Waals surface area contributed by atoms with Crippen LogP contribution in [0.3, 0.4) is 0 Å². The fraction of sp³-hybridized carbons (Fsp3) is 0. The molecule has 0 spiro atoms. The molecule has 0 saturated carbocycles. The van der Waals surface area contributed by atoms with Crippen LogP contribution in [-0.2, 0) is 0 Å². The summed E-state index contributed by atoms with van der Waals surface area (Å²) in [7, 11) is 0.187. The van der Waals surface area contributed by atoms with Crippen LogP contribution in [0.5, 0.6) is 0 Å². The quantitative estimate of drug-likeness (QED) is 0.595. The van der Waals surface area contributed by atoms with Crippen molar-refractivity contribution in [1.29, 1.82) is 0 Å². The lowest BCUT2D eigenvalue weighted by Crippen LogP contribution is -2.27. The van der Waals surface area contributed by atoms with Crippen molar-refractivity contribution in [3.05, 3.63) is 72.8 Å². The van der Waals surface area contributed by atoms with Gasteiger partial charge in [0.1, 0.15) is 9.52 Å². The molecule has 0 aliphatic heterocycles. The molecule has 0 aromatic heterocycles. The van der Waals surface area contributed by atoms with Crippen LogP contribution in [0, 0.1) is 0 Å². The summed E-state index contributed by atoms with van der Waals surface area (Å²) in [6.07, 6.45) is 0. The second-order valence-electron chi connectivity index (χ2n) is 4.12. The summed E-state index contributed by atoms with van der Waals surface area (Å²) in [4.78, 5) is 0. The molecular formula is C16H13Si. The van der Waals surface area contributed by atoms with Crippen molar-refractivity contribution in [3.63, 3.8) is 0 Å². The van der Waals surface area contributed by atoms with Gasteiger partial charge in [-0.15, -0.1) is 0 Å². The monoisotopic (exact) mass is 233 g/mol. The molecule has 3 rings (SSSR count). The maximum absolute atomic E-state index is 2.25. The molecule has 0 N–H and O–H groups in total. The summed E-state index contributed by atoms with van der Waals surface area (Å²) in [6.45, 7) is 0. The van der Waals surface area contributed by atoms with Gasteiger partial charge in [-0.05, 0) is 10.8 Å². The lowest BCUT2D eigenvalue weighted by Gasteiger charge is -2.05. The molecule has 1 heteroatoms. The van der Waals surface area contributed by atoms with Crippen LogP contribution < -0.4 is 10.4 Å². The van der Waals surface area contributed by atoms with Crippen LogP contribution in [0.4, 0.5) is 0 Å². The lowest BCUT2D eigenvalue weighted by atomic mass is 10.1. The third-order valence-corrected chi connectivity index (χ3v) is 4.48. The van der Waals surface area contributed by atoms with Crippen LogP contribution in [0.15, 0.2) is 72.8 Å². The Morgan fingerprint density at radius 1 is 0.588 bits per heavy atom. The standard InChI is InChI=1S/C16H13Si/c1-2-9-14(10-3-1)17-16-12-6-8-13-7-4-5-11-15(13)16/h1-12,17H.